The largest absolute Gasteiger partial charge is 0.385 e. The van der Waals surface area contributed by atoms with Gasteiger partial charge in [0.2, 0.25) is 0 Å². The second-order valence-electron chi connectivity index (χ2n) is 5.51. The highest BCUT2D eigenvalue weighted by Crippen LogP contribution is 2.32. The monoisotopic (exact) mass is 292 g/mol. The molecule has 20 heavy (non-hydrogen) atoms. The quantitative estimate of drug-likeness (QED) is 0.941. The molecule has 0 aliphatic heterocycles. The van der Waals surface area contributed by atoms with Gasteiger partial charge in [-0.15, -0.1) is 11.3 Å². The molecule has 1 aliphatic carbocycles. The molecule has 0 saturated heterocycles. The number of aliphatic hydroxyl groups excluding tert-OH is 1. The van der Waals surface area contributed by atoms with Gasteiger partial charge in [-0.3, -0.25) is 0 Å². The molecule has 1 unspecified atom stereocenters. The predicted octanol–water partition coefficient (Wildman–Crippen LogP) is 2.71. The van der Waals surface area contributed by atoms with E-state index < -0.39 is 6.10 Å². The molecule has 2 aromatic heterocycles. The highest BCUT2D eigenvalue weighted by atomic mass is 32.1. The van der Waals surface area contributed by atoms with Crippen molar-refractivity contribution in [3.8, 4) is 0 Å². The molecule has 0 bridgehead atoms. The van der Waals surface area contributed by atoms with Gasteiger partial charge in [-0.2, -0.15) is 5.10 Å². The van der Waals surface area contributed by atoms with Crippen LogP contribution in [-0.4, -0.2) is 24.9 Å². The number of aliphatic hydroxyl groups is 1. The molecule has 6 heteroatoms. The van der Waals surface area contributed by atoms with E-state index in [0.29, 0.717) is 18.3 Å². The van der Waals surface area contributed by atoms with Crippen molar-refractivity contribution in [2.24, 2.45) is 5.92 Å². The molecule has 0 radical (unpaired) electrons. The molecule has 1 atom stereocenters. The average Bonchev–Trinajstić information content (AvgIpc) is 3.09. The van der Waals surface area contributed by atoms with E-state index in [1.807, 2.05) is 13.1 Å². The maximum absolute atomic E-state index is 10.4. The maximum Gasteiger partial charge on any atom is 0.179 e. The summed E-state index contributed by atoms with van der Waals surface area (Å²) in [6.07, 6.45) is 8.92. The number of aromatic nitrogens is 4. The van der Waals surface area contributed by atoms with Gasteiger partial charge in [0.1, 0.15) is 17.4 Å². The molecule has 0 spiro atoms. The Hall–Kier alpha value is -1.27. The number of nitrogens with zero attached hydrogens (tertiary/aromatic N) is 4. The number of rotatable bonds is 4. The Bertz CT molecular complexity index is 559. The minimum Gasteiger partial charge on any atom is -0.385 e. The van der Waals surface area contributed by atoms with E-state index in [-0.39, 0.29) is 0 Å². The van der Waals surface area contributed by atoms with Crippen molar-refractivity contribution in [2.75, 3.05) is 0 Å². The Morgan fingerprint density at radius 3 is 2.85 bits per heavy atom. The van der Waals surface area contributed by atoms with E-state index in [9.17, 15) is 5.11 Å². The molecule has 0 aromatic carbocycles. The highest BCUT2D eigenvalue weighted by molar-refractivity contribution is 7.11. The first-order valence-electron chi connectivity index (χ1n) is 7.21. The molecule has 0 amide bonds. The van der Waals surface area contributed by atoms with E-state index in [4.69, 9.17) is 0 Å². The van der Waals surface area contributed by atoms with Gasteiger partial charge in [-0.25, -0.2) is 14.6 Å². The molecule has 1 aliphatic rings. The lowest BCUT2D eigenvalue weighted by Crippen LogP contribution is -2.17. The number of thiazole rings is 1. The number of hydrogen-bond acceptors (Lipinski definition) is 5. The van der Waals surface area contributed by atoms with E-state index >= 15 is 0 Å². The fourth-order valence-electron chi connectivity index (χ4n) is 2.79. The molecule has 108 valence electrons. The van der Waals surface area contributed by atoms with Crippen molar-refractivity contribution in [3.05, 3.63) is 28.2 Å². The van der Waals surface area contributed by atoms with Gasteiger partial charge in [0.05, 0.1) is 6.54 Å². The van der Waals surface area contributed by atoms with Crippen LogP contribution in [0.25, 0.3) is 0 Å². The lowest BCUT2D eigenvalue weighted by Gasteiger charge is -2.24. The molecule has 2 heterocycles. The van der Waals surface area contributed by atoms with Gasteiger partial charge in [-0.1, -0.05) is 19.3 Å². The first-order valence-corrected chi connectivity index (χ1v) is 8.03. The van der Waals surface area contributed by atoms with E-state index in [1.165, 1.54) is 24.1 Å². The third-order valence-corrected chi connectivity index (χ3v) is 4.78. The third kappa shape index (κ3) is 3.07. The SMILES string of the molecule is Cc1cnc(Cn2cnc(C(O)C3CCCCC3)n2)s1. The van der Waals surface area contributed by atoms with Gasteiger partial charge >= 0.3 is 0 Å². The Morgan fingerprint density at radius 2 is 2.15 bits per heavy atom. The molecule has 1 fully saturated rings. The fraction of sp³-hybridized carbons (Fsp3) is 0.643. The van der Waals surface area contributed by atoms with E-state index in [1.54, 1.807) is 22.3 Å². The molecule has 5 nitrogen and oxygen atoms in total. The van der Waals surface area contributed by atoms with Gasteiger partial charge in [0.15, 0.2) is 5.82 Å². The predicted molar refractivity (Wildman–Crippen MR) is 77.5 cm³/mol. The van der Waals surface area contributed by atoms with Crippen LogP contribution in [0, 0.1) is 12.8 Å². The number of hydrogen-bond donors (Lipinski definition) is 1. The molecule has 1 saturated carbocycles. The zero-order valence-corrected chi connectivity index (χ0v) is 12.5. The Morgan fingerprint density at radius 1 is 1.35 bits per heavy atom. The molecular weight excluding hydrogens is 272 g/mol. The summed E-state index contributed by atoms with van der Waals surface area (Å²) < 4.78 is 1.76. The van der Waals surface area contributed by atoms with Crippen LogP contribution in [0.3, 0.4) is 0 Å². The van der Waals surface area contributed by atoms with Crippen LogP contribution in [-0.2, 0) is 6.54 Å². The standard InChI is InChI=1S/C14H20N4OS/c1-10-7-15-12(20-10)8-18-9-16-14(17-18)13(19)11-5-3-2-4-6-11/h7,9,11,13,19H,2-6,8H2,1H3. The van der Waals surface area contributed by atoms with Gasteiger partial charge in [-0.05, 0) is 25.7 Å². The van der Waals surface area contributed by atoms with E-state index in [0.717, 1.165) is 17.8 Å². The maximum atomic E-state index is 10.4. The summed E-state index contributed by atoms with van der Waals surface area (Å²) in [6.45, 7) is 2.67. The van der Waals surface area contributed by atoms with Crippen LogP contribution >= 0.6 is 11.3 Å². The van der Waals surface area contributed by atoms with Crippen molar-refractivity contribution in [3.63, 3.8) is 0 Å². The van der Waals surface area contributed by atoms with Crippen LogP contribution < -0.4 is 0 Å². The van der Waals surface area contributed by atoms with Gasteiger partial charge in [0, 0.05) is 11.1 Å². The van der Waals surface area contributed by atoms with Crippen molar-refractivity contribution in [1.82, 2.24) is 19.7 Å². The molecule has 2 aromatic rings. The summed E-state index contributed by atoms with van der Waals surface area (Å²) in [6, 6.07) is 0. The summed E-state index contributed by atoms with van der Waals surface area (Å²) in [5.74, 6) is 0.881. The van der Waals surface area contributed by atoms with Crippen molar-refractivity contribution in [1.29, 1.82) is 0 Å². The van der Waals surface area contributed by atoms with Crippen LogP contribution in [0.5, 0.6) is 0 Å². The smallest absolute Gasteiger partial charge is 0.179 e. The lowest BCUT2D eigenvalue weighted by atomic mass is 9.85. The minimum atomic E-state index is -0.519. The van der Waals surface area contributed by atoms with Gasteiger partial charge < -0.3 is 5.11 Å². The van der Waals surface area contributed by atoms with Crippen LogP contribution in [0.1, 0.15) is 53.9 Å². The average molecular weight is 292 g/mol. The topological polar surface area (TPSA) is 63.8 Å². The van der Waals surface area contributed by atoms with Crippen LogP contribution in [0.4, 0.5) is 0 Å². The fourth-order valence-corrected chi connectivity index (χ4v) is 3.57. The minimum absolute atomic E-state index is 0.321. The second kappa shape index (κ2) is 6.01. The Balaban J connectivity index is 1.66. The normalized spacial score (nSPS) is 18.3. The zero-order chi connectivity index (χ0) is 13.9. The van der Waals surface area contributed by atoms with Gasteiger partial charge in [0.25, 0.3) is 0 Å². The van der Waals surface area contributed by atoms with Crippen molar-refractivity contribution < 1.29 is 5.11 Å². The third-order valence-electron chi connectivity index (χ3n) is 3.88. The summed E-state index contributed by atoms with van der Waals surface area (Å²) in [7, 11) is 0. The lowest BCUT2D eigenvalue weighted by molar-refractivity contribution is 0.0770. The summed E-state index contributed by atoms with van der Waals surface area (Å²) in [4.78, 5) is 9.79. The summed E-state index contributed by atoms with van der Waals surface area (Å²) >= 11 is 1.67. The Labute approximate surface area is 122 Å². The number of aryl methyl sites for hydroxylation is 1. The van der Waals surface area contributed by atoms with Crippen molar-refractivity contribution in [2.45, 2.75) is 51.7 Å². The van der Waals surface area contributed by atoms with Crippen LogP contribution in [0.15, 0.2) is 12.5 Å². The van der Waals surface area contributed by atoms with E-state index in [2.05, 4.69) is 15.1 Å². The summed E-state index contributed by atoms with van der Waals surface area (Å²) in [5, 5.41) is 15.8. The first-order chi connectivity index (χ1) is 9.72. The Kier molecular flexibility index (Phi) is 4.12. The zero-order valence-electron chi connectivity index (χ0n) is 11.7. The summed E-state index contributed by atoms with van der Waals surface area (Å²) in [5.41, 5.74) is 0. The first kappa shape index (κ1) is 13.7. The molecule has 3 rings (SSSR count). The highest BCUT2D eigenvalue weighted by Gasteiger charge is 2.25. The molecular formula is C14H20N4OS. The van der Waals surface area contributed by atoms with Crippen molar-refractivity contribution >= 4 is 11.3 Å². The second-order valence-corrected chi connectivity index (χ2v) is 6.83. The molecule has 1 N–H and O–H groups in total. The van der Waals surface area contributed by atoms with Crippen LogP contribution in [0.2, 0.25) is 0 Å².